The molecule has 2 rings (SSSR count). The van der Waals surface area contributed by atoms with Crippen molar-refractivity contribution < 1.29 is 14.9 Å². The standard InChI is InChI=1S/C10H18O3/c1-9(2,12)6-4-7(11)10(3)8(5-6)13-10/h6-8,11-12H,4-5H2,1-3H3/t6-,7?,8?,10-/m0/s1. The molecule has 0 aromatic heterocycles. The highest BCUT2D eigenvalue weighted by Crippen LogP contribution is 2.51. The summed E-state index contributed by atoms with van der Waals surface area (Å²) in [5, 5.41) is 19.6. The van der Waals surface area contributed by atoms with E-state index in [1.54, 1.807) is 13.8 Å². The van der Waals surface area contributed by atoms with Gasteiger partial charge in [-0.15, -0.1) is 0 Å². The lowest BCUT2D eigenvalue weighted by molar-refractivity contribution is -0.0311. The highest BCUT2D eigenvalue weighted by molar-refractivity contribution is 5.10. The Morgan fingerprint density at radius 3 is 2.46 bits per heavy atom. The number of epoxide rings is 1. The maximum absolute atomic E-state index is 9.81. The minimum Gasteiger partial charge on any atom is -0.390 e. The van der Waals surface area contributed by atoms with Crippen molar-refractivity contribution in [2.24, 2.45) is 5.92 Å². The van der Waals surface area contributed by atoms with E-state index in [9.17, 15) is 10.2 Å². The fourth-order valence-corrected chi connectivity index (χ4v) is 2.28. The van der Waals surface area contributed by atoms with Gasteiger partial charge >= 0.3 is 0 Å². The maximum Gasteiger partial charge on any atom is 0.118 e. The van der Waals surface area contributed by atoms with Crippen LogP contribution in [0.5, 0.6) is 0 Å². The molecular formula is C10H18O3. The van der Waals surface area contributed by atoms with Gasteiger partial charge in [-0.05, 0) is 39.5 Å². The molecule has 4 atom stereocenters. The molecule has 1 saturated carbocycles. The molecule has 2 fully saturated rings. The Morgan fingerprint density at radius 1 is 1.38 bits per heavy atom. The normalized spacial score (nSPS) is 50.1. The van der Waals surface area contributed by atoms with Crippen molar-refractivity contribution in [3.63, 3.8) is 0 Å². The zero-order chi connectivity index (χ0) is 9.85. The lowest BCUT2D eigenvalue weighted by Gasteiger charge is -2.35. The minimum atomic E-state index is -0.700. The highest BCUT2D eigenvalue weighted by Gasteiger charge is 2.62. The minimum absolute atomic E-state index is 0.156. The van der Waals surface area contributed by atoms with Crippen LogP contribution >= 0.6 is 0 Å². The van der Waals surface area contributed by atoms with Crippen LogP contribution in [0.2, 0.25) is 0 Å². The van der Waals surface area contributed by atoms with Gasteiger partial charge < -0.3 is 14.9 Å². The van der Waals surface area contributed by atoms with Crippen LogP contribution in [0.4, 0.5) is 0 Å². The summed E-state index contributed by atoms with van der Waals surface area (Å²) >= 11 is 0. The van der Waals surface area contributed by atoms with Gasteiger partial charge in [0.25, 0.3) is 0 Å². The number of ether oxygens (including phenoxy) is 1. The molecule has 0 spiro atoms. The fourth-order valence-electron chi connectivity index (χ4n) is 2.28. The van der Waals surface area contributed by atoms with Crippen LogP contribution in [0, 0.1) is 5.92 Å². The monoisotopic (exact) mass is 186 g/mol. The van der Waals surface area contributed by atoms with Gasteiger partial charge in [-0.1, -0.05) is 0 Å². The molecule has 1 aliphatic heterocycles. The number of aliphatic hydroxyl groups is 2. The average molecular weight is 186 g/mol. The molecule has 2 unspecified atom stereocenters. The number of hydrogen-bond acceptors (Lipinski definition) is 3. The van der Waals surface area contributed by atoms with E-state index in [0.717, 1.165) is 6.42 Å². The van der Waals surface area contributed by atoms with Crippen molar-refractivity contribution in [2.75, 3.05) is 0 Å². The lowest BCUT2D eigenvalue weighted by atomic mass is 9.74. The number of aliphatic hydroxyl groups excluding tert-OH is 1. The Morgan fingerprint density at radius 2 is 2.00 bits per heavy atom. The van der Waals surface area contributed by atoms with Gasteiger partial charge in [-0.2, -0.15) is 0 Å². The second-order valence-electron chi connectivity index (χ2n) is 5.13. The topological polar surface area (TPSA) is 53.0 Å². The van der Waals surface area contributed by atoms with E-state index in [1.807, 2.05) is 6.92 Å². The quantitative estimate of drug-likeness (QED) is 0.592. The summed E-state index contributed by atoms with van der Waals surface area (Å²) in [5.41, 5.74) is -1.00. The molecule has 0 aromatic carbocycles. The Kier molecular flexibility index (Phi) is 1.79. The average Bonchev–Trinajstić information content (AvgIpc) is 2.60. The second-order valence-corrected chi connectivity index (χ2v) is 5.13. The van der Waals surface area contributed by atoms with Crippen LogP contribution in [0.3, 0.4) is 0 Å². The molecule has 2 aliphatic rings. The van der Waals surface area contributed by atoms with E-state index in [2.05, 4.69) is 0 Å². The summed E-state index contributed by atoms with van der Waals surface area (Å²) in [5.74, 6) is 0.156. The molecule has 0 radical (unpaired) electrons. The van der Waals surface area contributed by atoms with E-state index in [0.29, 0.717) is 6.42 Å². The summed E-state index contributed by atoms with van der Waals surface area (Å²) in [4.78, 5) is 0. The van der Waals surface area contributed by atoms with E-state index < -0.39 is 11.7 Å². The Bertz CT molecular complexity index is 221. The van der Waals surface area contributed by atoms with Crippen LogP contribution < -0.4 is 0 Å². The van der Waals surface area contributed by atoms with E-state index >= 15 is 0 Å². The third-order valence-electron chi connectivity index (χ3n) is 3.65. The molecule has 1 aliphatic carbocycles. The van der Waals surface area contributed by atoms with E-state index in [-0.39, 0.29) is 17.6 Å². The maximum atomic E-state index is 9.81. The first-order chi connectivity index (χ1) is 5.84. The van der Waals surface area contributed by atoms with Gasteiger partial charge in [-0.25, -0.2) is 0 Å². The predicted octanol–water partition coefficient (Wildman–Crippen LogP) is 0.686. The highest BCUT2D eigenvalue weighted by atomic mass is 16.6. The van der Waals surface area contributed by atoms with Crippen molar-refractivity contribution in [3.8, 4) is 0 Å². The van der Waals surface area contributed by atoms with Gasteiger partial charge in [0.1, 0.15) is 5.60 Å². The van der Waals surface area contributed by atoms with E-state index in [4.69, 9.17) is 4.74 Å². The Balaban J connectivity index is 2.06. The molecule has 0 bridgehead atoms. The van der Waals surface area contributed by atoms with Gasteiger partial charge in [0, 0.05) is 0 Å². The zero-order valence-electron chi connectivity index (χ0n) is 8.45. The van der Waals surface area contributed by atoms with Crippen molar-refractivity contribution >= 4 is 0 Å². The van der Waals surface area contributed by atoms with Gasteiger partial charge in [0.2, 0.25) is 0 Å². The first-order valence-corrected chi connectivity index (χ1v) is 4.92. The largest absolute Gasteiger partial charge is 0.390 e. The smallest absolute Gasteiger partial charge is 0.118 e. The summed E-state index contributed by atoms with van der Waals surface area (Å²) in [6, 6.07) is 0. The number of hydrogen-bond donors (Lipinski definition) is 2. The SMILES string of the molecule is CC(C)(O)[C@H]1CC(O)[C@]2(C)OC2C1. The van der Waals surface area contributed by atoms with Crippen molar-refractivity contribution in [1.29, 1.82) is 0 Å². The Hall–Kier alpha value is -0.120. The predicted molar refractivity (Wildman–Crippen MR) is 48.3 cm³/mol. The first kappa shape index (κ1) is 9.44. The van der Waals surface area contributed by atoms with Crippen LogP contribution in [0.1, 0.15) is 33.6 Å². The lowest BCUT2D eigenvalue weighted by Crippen LogP contribution is -2.43. The van der Waals surface area contributed by atoms with Gasteiger partial charge in [-0.3, -0.25) is 0 Å². The summed E-state index contributed by atoms with van der Waals surface area (Å²) in [6.45, 7) is 5.55. The van der Waals surface area contributed by atoms with Crippen LogP contribution in [0.25, 0.3) is 0 Å². The first-order valence-electron chi connectivity index (χ1n) is 4.92. The fraction of sp³-hybridized carbons (Fsp3) is 1.00. The van der Waals surface area contributed by atoms with Crippen LogP contribution in [-0.2, 0) is 4.74 Å². The molecule has 3 nitrogen and oxygen atoms in total. The van der Waals surface area contributed by atoms with Crippen molar-refractivity contribution in [2.45, 2.75) is 57.0 Å². The molecule has 76 valence electrons. The molecule has 13 heavy (non-hydrogen) atoms. The van der Waals surface area contributed by atoms with Crippen molar-refractivity contribution in [1.82, 2.24) is 0 Å². The van der Waals surface area contributed by atoms with Gasteiger partial charge in [0.05, 0.1) is 17.8 Å². The van der Waals surface area contributed by atoms with Crippen molar-refractivity contribution in [3.05, 3.63) is 0 Å². The number of rotatable bonds is 1. The van der Waals surface area contributed by atoms with E-state index in [1.165, 1.54) is 0 Å². The molecule has 0 amide bonds. The summed E-state index contributed by atoms with van der Waals surface area (Å²) in [6.07, 6.45) is 1.27. The molecule has 1 heterocycles. The van der Waals surface area contributed by atoms with Gasteiger partial charge in [0.15, 0.2) is 0 Å². The molecule has 0 aromatic rings. The van der Waals surface area contributed by atoms with Crippen LogP contribution in [-0.4, -0.2) is 33.6 Å². The Labute approximate surface area is 78.7 Å². The molecule has 3 heteroatoms. The summed E-state index contributed by atoms with van der Waals surface area (Å²) in [7, 11) is 0. The third kappa shape index (κ3) is 1.39. The van der Waals surface area contributed by atoms with Crippen LogP contribution in [0.15, 0.2) is 0 Å². The molecular weight excluding hydrogens is 168 g/mol. The number of fused-ring (bicyclic) bond motifs is 1. The molecule has 1 saturated heterocycles. The molecule has 2 N–H and O–H groups in total. The zero-order valence-corrected chi connectivity index (χ0v) is 8.45. The third-order valence-corrected chi connectivity index (χ3v) is 3.65. The summed E-state index contributed by atoms with van der Waals surface area (Å²) < 4.78 is 5.44. The second kappa shape index (κ2) is 2.47.